The predicted octanol–water partition coefficient (Wildman–Crippen LogP) is 3.91. The summed E-state index contributed by atoms with van der Waals surface area (Å²) in [5, 5.41) is 7.31. The molecule has 1 fully saturated rings. The molecular weight excluding hydrogens is 371 g/mol. The summed E-state index contributed by atoms with van der Waals surface area (Å²) < 4.78 is 39.9. The summed E-state index contributed by atoms with van der Waals surface area (Å²) in [6.45, 7) is 1.02. The van der Waals surface area contributed by atoms with Crippen molar-refractivity contribution in [2.75, 3.05) is 5.32 Å². The number of aromatic amines is 1. The van der Waals surface area contributed by atoms with E-state index in [-0.39, 0.29) is 5.95 Å². The number of aromatic nitrogens is 6. The lowest BCUT2D eigenvalue weighted by Crippen LogP contribution is -2.33. The van der Waals surface area contributed by atoms with Gasteiger partial charge in [0.1, 0.15) is 11.7 Å². The van der Waals surface area contributed by atoms with Crippen LogP contribution in [0.1, 0.15) is 31.2 Å². The third-order valence-electron chi connectivity index (χ3n) is 4.96. The Morgan fingerprint density at radius 3 is 2.82 bits per heavy atom. The molecule has 7 nitrogen and oxygen atoms in total. The van der Waals surface area contributed by atoms with Gasteiger partial charge in [0.2, 0.25) is 5.95 Å². The molecule has 4 aromatic rings. The molecule has 10 heteroatoms. The third kappa shape index (κ3) is 2.85. The number of halogens is 3. The first-order chi connectivity index (χ1) is 13.4. The Kier molecular flexibility index (Phi) is 3.58. The van der Waals surface area contributed by atoms with Crippen molar-refractivity contribution in [2.45, 2.75) is 37.9 Å². The van der Waals surface area contributed by atoms with Crippen LogP contribution in [0.2, 0.25) is 0 Å². The molecule has 1 saturated carbocycles. The standard InChI is InChI=1S/C18H16F3N7/c1-9(18(19,20)21)25-17-23-7-13-12(6-22-15(13)27-17)14-4-5-28-16(26-14)11(8-24-28)10-2-3-10/h4-10H,2-3H2,1H3,(H2,22,23,25,27)/t9-/m0/s1. The first-order valence-electron chi connectivity index (χ1n) is 8.92. The van der Waals surface area contributed by atoms with E-state index >= 15 is 0 Å². The number of hydrogen-bond acceptors (Lipinski definition) is 5. The van der Waals surface area contributed by atoms with E-state index in [1.807, 2.05) is 18.5 Å². The van der Waals surface area contributed by atoms with Gasteiger partial charge in [-0.1, -0.05) is 0 Å². The zero-order valence-electron chi connectivity index (χ0n) is 14.8. The average Bonchev–Trinajstić information content (AvgIpc) is 3.27. The number of fused-ring (bicyclic) bond motifs is 2. The molecule has 4 aromatic heterocycles. The van der Waals surface area contributed by atoms with Gasteiger partial charge in [-0.25, -0.2) is 14.5 Å². The second-order valence-corrected chi connectivity index (χ2v) is 7.02. The van der Waals surface area contributed by atoms with Crippen molar-refractivity contribution in [1.29, 1.82) is 0 Å². The number of rotatable bonds is 4. The Balaban J connectivity index is 1.51. The minimum Gasteiger partial charge on any atom is -0.345 e. The van der Waals surface area contributed by atoms with Crippen LogP contribution in [0, 0.1) is 0 Å². The molecule has 0 spiro atoms. The number of anilines is 1. The van der Waals surface area contributed by atoms with Crippen molar-refractivity contribution in [3.63, 3.8) is 0 Å². The molecule has 1 aliphatic rings. The molecular formula is C18H16F3N7. The maximum atomic E-state index is 12.7. The summed E-state index contributed by atoms with van der Waals surface area (Å²) in [6, 6.07) is 0.100. The van der Waals surface area contributed by atoms with Gasteiger partial charge >= 0.3 is 6.18 Å². The highest BCUT2D eigenvalue weighted by Crippen LogP contribution is 2.41. The van der Waals surface area contributed by atoms with E-state index in [0.717, 1.165) is 42.2 Å². The van der Waals surface area contributed by atoms with Gasteiger partial charge in [-0.05, 0) is 31.7 Å². The molecule has 0 amide bonds. The van der Waals surface area contributed by atoms with Crippen LogP contribution < -0.4 is 5.32 Å². The lowest BCUT2D eigenvalue weighted by Gasteiger charge is -2.16. The maximum Gasteiger partial charge on any atom is 0.408 e. The van der Waals surface area contributed by atoms with Crippen molar-refractivity contribution in [3.8, 4) is 11.3 Å². The quantitative estimate of drug-likeness (QED) is 0.555. The van der Waals surface area contributed by atoms with E-state index in [1.54, 1.807) is 10.7 Å². The van der Waals surface area contributed by atoms with Gasteiger partial charge in [-0.2, -0.15) is 23.3 Å². The summed E-state index contributed by atoms with van der Waals surface area (Å²) in [4.78, 5) is 15.9. The van der Waals surface area contributed by atoms with Crippen LogP contribution in [0.4, 0.5) is 19.1 Å². The lowest BCUT2D eigenvalue weighted by molar-refractivity contribution is -0.138. The van der Waals surface area contributed by atoms with Crippen LogP contribution in [0.3, 0.4) is 0 Å². The molecule has 0 radical (unpaired) electrons. The number of nitrogens with zero attached hydrogens (tertiary/aromatic N) is 5. The summed E-state index contributed by atoms with van der Waals surface area (Å²) in [7, 11) is 0. The minimum absolute atomic E-state index is 0.0825. The fourth-order valence-electron chi connectivity index (χ4n) is 3.18. The highest BCUT2D eigenvalue weighted by atomic mass is 19.4. The van der Waals surface area contributed by atoms with E-state index in [2.05, 4.69) is 25.4 Å². The fraction of sp³-hybridized carbons (Fsp3) is 0.333. The highest BCUT2D eigenvalue weighted by molar-refractivity contribution is 5.92. The molecule has 4 heterocycles. The summed E-state index contributed by atoms with van der Waals surface area (Å²) in [6.07, 6.45) is 4.89. The van der Waals surface area contributed by atoms with E-state index in [0.29, 0.717) is 17.0 Å². The molecule has 28 heavy (non-hydrogen) atoms. The summed E-state index contributed by atoms with van der Waals surface area (Å²) >= 11 is 0. The topological polar surface area (TPSA) is 83.8 Å². The Hall–Kier alpha value is -3.17. The zero-order valence-corrected chi connectivity index (χ0v) is 14.8. The van der Waals surface area contributed by atoms with Crippen LogP contribution in [-0.4, -0.2) is 41.8 Å². The largest absolute Gasteiger partial charge is 0.408 e. The Labute approximate surface area is 157 Å². The molecule has 0 saturated heterocycles. The normalized spacial score (nSPS) is 16.0. The minimum atomic E-state index is -4.37. The Morgan fingerprint density at radius 1 is 1.25 bits per heavy atom. The monoisotopic (exact) mass is 387 g/mol. The van der Waals surface area contributed by atoms with Crippen LogP contribution in [0.15, 0.2) is 30.9 Å². The van der Waals surface area contributed by atoms with Crippen LogP contribution in [0.5, 0.6) is 0 Å². The SMILES string of the molecule is C[C@H](Nc1ncc2c(-c3ccn4ncc(C5CC5)c4n3)c[nH]c2n1)C(F)(F)F. The second-order valence-electron chi connectivity index (χ2n) is 7.02. The smallest absolute Gasteiger partial charge is 0.345 e. The molecule has 0 aliphatic heterocycles. The molecule has 0 aromatic carbocycles. The molecule has 0 bridgehead atoms. The third-order valence-corrected chi connectivity index (χ3v) is 4.96. The summed E-state index contributed by atoms with van der Waals surface area (Å²) in [5.41, 5.74) is 3.93. The van der Waals surface area contributed by atoms with E-state index in [1.165, 1.54) is 6.20 Å². The van der Waals surface area contributed by atoms with Crippen molar-refractivity contribution >= 4 is 22.6 Å². The molecule has 0 unspecified atom stereocenters. The molecule has 1 aliphatic carbocycles. The van der Waals surface area contributed by atoms with Gasteiger partial charge in [-0.3, -0.25) is 0 Å². The van der Waals surface area contributed by atoms with Crippen LogP contribution in [-0.2, 0) is 0 Å². The van der Waals surface area contributed by atoms with Crippen LogP contribution in [0.25, 0.3) is 27.9 Å². The second kappa shape index (κ2) is 5.91. The molecule has 144 valence electrons. The Morgan fingerprint density at radius 2 is 2.07 bits per heavy atom. The highest BCUT2D eigenvalue weighted by Gasteiger charge is 2.36. The van der Waals surface area contributed by atoms with Crippen molar-refractivity contribution < 1.29 is 13.2 Å². The van der Waals surface area contributed by atoms with Crippen molar-refractivity contribution in [3.05, 3.63) is 36.4 Å². The van der Waals surface area contributed by atoms with Gasteiger partial charge < -0.3 is 10.3 Å². The van der Waals surface area contributed by atoms with Crippen LogP contribution >= 0.6 is 0 Å². The van der Waals surface area contributed by atoms with Gasteiger partial charge in [0.25, 0.3) is 0 Å². The molecule has 5 rings (SSSR count). The zero-order chi connectivity index (χ0) is 19.5. The van der Waals surface area contributed by atoms with Gasteiger partial charge in [0, 0.05) is 35.1 Å². The van der Waals surface area contributed by atoms with Crippen molar-refractivity contribution in [2.24, 2.45) is 0 Å². The van der Waals surface area contributed by atoms with E-state index in [9.17, 15) is 13.2 Å². The predicted molar refractivity (Wildman–Crippen MR) is 97.0 cm³/mol. The number of H-pyrrole nitrogens is 1. The number of nitrogens with one attached hydrogen (secondary N) is 2. The lowest BCUT2D eigenvalue weighted by atomic mass is 10.1. The average molecular weight is 387 g/mol. The number of hydrogen-bond donors (Lipinski definition) is 2. The first kappa shape index (κ1) is 17.0. The summed E-state index contributed by atoms with van der Waals surface area (Å²) in [5.74, 6) is 0.441. The fourth-order valence-corrected chi connectivity index (χ4v) is 3.18. The van der Waals surface area contributed by atoms with Gasteiger partial charge in [0.05, 0.1) is 11.9 Å². The van der Waals surface area contributed by atoms with E-state index < -0.39 is 12.2 Å². The van der Waals surface area contributed by atoms with E-state index in [4.69, 9.17) is 4.98 Å². The number of alkyl halides is 3. The molecule has 1 atom stereocenters. The maximum absolute atomic E-state index is 12.7. The Bertz CT molecular complexity index is 1170. The van der Waals surface area contributed by atoms with Gasteiger partial charge in [0.15, 0.2) is 5.65 Å². The van der Waals surface area contributed by atoms with Gasteiger partial charge in [-0.15, -0.1) is 0 Å². The molecule has 2 N–H and O–H groups in total. The van der Waals surface area contributed by atoms with Crippen molar-refractivity contribution in [1.82, 2.24) is 29.5 Å². The first-order valence-corrected chi connectivity index (χ1v) is 8.92.